The van der Waals surface area contributed by atoms with Crippen LogP contribution in [0.25, 0.3) is 31.8 Å². The van der Waals surface area contributed by atoms with Crippen LogP contribution in [-0.2, 0) is 14.6 Å². The van der Waals surface area contributed by atoms with Gasteiger partial charge in [0, 0.05) is 13.2 Å². The lowest BCUT2D eigenvalue weighted by Gasteiger charge is -2.05. The number of hydrogen-bond donors (Lipinski definition) is 3. The predicted molar refractivity (Wildman–Crippen MR) is 193 cm³/mol. The third-order valence-electron chi connectivity index (χ3n) is 6.50. The highest BCUT2D eigenvalue weighted by Gasteiger charge is 2.23. The molecular weight excluding hydrogens is 725 g/mol. The minimum absolute atomic E-state index is 0.0688. The quantitative estimate of drug-likeness (QED) is 0.115. The van der Waals surface area contributed by atoms with Gasteiger partial charge in [-0.2, -0.15) is 10.5 Å². The maximum atomic E-state index is 12.7. The summed E-state index contributed by atoms with van der Waals surface area (Å²) in [7, 11) is -3.60. The summed E-state index contributed by atoms with van der Waals surface area (Å²) in [4.78, 5) is 42.7. The van der Waals surface area contributed by atoms with E-state index in [0.717, 1.165) is 45.5 Å². The van der Waals surface area contributed by atoms with E-state index in [4.69, 9.17) is 20.4 Å². The first kappa shape index (κ1) is 39.2. The van der Waals surface area contributed by atoms with E-state index < -0.39 is 21.4 Å². The first-order valence-electron chi connectivity index (χ1n) is 13.9. The standard InChI is InChI=1S/C15H11N3O3S2.C15H11N3OS2.C2H4O2.H2O2/c1-9-3-5-10(6-4-9)18-8-17-12-11(7-16)15(23(2,20)21)22-13(12)14(18)19;1-9-3-5-10(6-4-9)18-8-17-12-11(7-16)15(20-2)21-13(12)14(18)19;1-2(3)4;1-2/h3-6,8H,1-2H3;3-6,8H,1-2H3;1H3,(H,3,4);1-2H. The average molecular weight is 753 g/mol. The maximum absolute atomic E-state index is 12.7. The Bertz CT molecular complexity index is 2480. The van der Waals surface area contributed by atoms with Crippen molar-refractivity contribution in [1.82, 2.24) is 19.1 Å². The number of benzene rings is 2. The minimum atomic E-state index is -3.60. The molecule has 0 aliphatic rings. The van der Waals surface area contributed by atoms with Crippen LogP contribution in [0.2, 0.25) is 0 Å². The molecule has 0 bridgehead atoms. The number of aliphatic carboxylic acids is 1. The van der Waals surface area contributed by atoms with Crippen LogP contribution in [-0.4, -0.2) is 61.6 Å². The van der Waals surface area contributed by atoms with E-state index in [1.165, 1.54) is 44.9 Å². The van der Waals surface area contributed by atoms with Crippen LogP contribution in [0.5, 0.6) is 0 Å². The Morgan fingerprint density at radius 3 is 1.54 bits per heavy atom. The number of thioether (sulfide) groups is 1. The largest absolute Gasteiger partial charge is 0.481 e. The van der Waals surface area contributed by atoms with E-state index in [2.05, 4.69) is 16.0 Å². The highest BCUT2D eigenvalue weighted by molar-refractivity contribution is 8.00. The lowest BCUT2D eigenvalue weighted by Crippen LogP contribution is -2.17. The number of nitriles is 2. The second kappa shape index (κ2) is 16.9. The Balaban J connectivity index is 0.000000235. The lowest BCUT2D eigenvalue weighted by molar-refractivity contribution is -0.176. The molecular formula is C32H28N6O8S4. The zero-order valence-corrected chi connectivity index (χ0v) is 30.2. The van der Waals surface area contributed by atoms with E-state index in [0.29, 0.717) is 21.5 Å². The molecule has 4 aromatic heterocycles. The van der Waals surface area contributed by atoms with Crippen molar-refractivity contribution in [3.05, 3.63) is 104 Å². The number of rotatable bonds is 4. The van der Waals surface area contributed by atoms with Gasteiger partial charge in [0.05, 0.1) is 15.6 Å². The van der Waals surface area contributed by atoms with E-state index in [9.17, 15) is 28.5 Å². The van der Waals surface area contributed by atoms with Crippen LogP contribution < -0.4 is 11.1 Å². The number of carbonyl (C=O) groups is 1. The molecule has 2 aromatic carbocycles. The number of hydrogen-bond acceptors (Lipinski definition) is 14. The molecule has 258 valence electrons. The van der Waals surface area contributed by atoms with Crippen molar-refractivity contribution >= 4 is 70.7 Å². The highest BCUT2D eigenvalue weighted by atomic mass is 32.2. The molecule has 0 aliphatic carbocycles. The number of aromatic nitrogens is 4. The molecule has 0 atom stereocenters. The van der Waals surface area contributed by atoms with Gasteiger partial charge in [0.25, 0.3) is 17.1 Å². The number of aryl methyl sites for hydroxylation is 2. The second-order valence-electron chi connectivity index (χ2n) is 10.1. The summed E-state index contributed by atoms with van der Waals surface area (Å²) in [6.07, 6.45) is 5.71. The van der Waals surface area contributed by atoms with E-state index in [-0.39, 0.29) is 25.5 Å². The first-order chi connectivity index (χ1) is 23.7. The van der Waals surface area contributed by atoms with Crippen molar-refractivity contribution in [3.63, 3.8) is 0 Å². The van der Waals surface area contributed by atoms with Gasteiger partial charge in [-0.05, 0) is 44.4 Å². The number of thiophene rings is 2. The van der Waals surface area contributed by atoms with Crippen molar-refractivity contribution in [2.24, 2.45) is 0 Å². The van der Waals surface area contributed by atoms with Gasteiger partial charge in [0.15, 0.2) is 9.84 Å². The third-order valence-corrected chi connectivity index (χ3v) is 11.8. The third kappa shape index (κ3) is 8.68. The number of carboxylic acids is 1. The first-order valence-corrected chi connectivity index (χ1v) is 18.6. The lowest BCUT2D eigenvalue weighted by atomic mass is 10.2. The van der Waals surface area contributed by atoms with Gasteiger partial charge in [-0.15, -0.1) is 34.4 Å². The Kier molecular flexibility index (Phi) is 13.3. The Labute approximate surface area is 297 Å². The van der Waals surface area contributed by atoms with Crippen LogP contribution in [0, 0.1) is 36.5 Å². The molecule has 0 saturated heterocycles. The molecule has 0 spiro atoms. The van der Waals surface area contributed by atoms with Crippen molar-refractivity contribution in [2.45, 2.75) is 29.2 Å². The normalized spacial score (nSPS) is 10.4. The fourth-order valence-electron chi connectivity index (χ4n) is 4.28. The number of carboxylic acid groups (broad SMARTS) is 1. The summed E-state index contributed by atoms with van der Waals surface area (Å²) in [5, 5.41) is 37.9. The monoisotopic (exact) mass is 752 g/mol. The van der Waals surface area contributed by atoms with Crippen LogP contribution in [0.3, 0.4) is 0 Å². The Hall–Kier alpha value is -5.21. The molecule has 14 nitrogen and oxygen atoms in total. The van der Waals surface area contributed by atoms with Gasteiger partial charge in [-0.1, -0.05) is 35.4 Å². The number of fused-ring (bicyclic) bond motifs is 2. The molecule has 0 saturated carbocycles. The minimum Gasteiger partial charge on any atom is -0.481 e. The summed E-state index contributed by atoms with van der Waals surface area (Å²) >= 11 is 3.59. The molecule has 3 N–H and O–H groups in total. The van der Waals surface area contributed by atoms with E-state index in [1.54, 1.807) is 12.1 Å². The van der Waals surface area contributed by atoms with Crippen molar-refractivity contribution < 1.29 is 28.8 Å². The van der Waals surface area contributed by atoms with Gasteiger partial charge < -0.3 is 5.11 Å². The van der Waals surface area contributed by atoms with Gasteiger partial charge in [-0.25, -0.2) is 18.4 Å². The molecule has 6 rings (SSSR count). The summed E-state index contributed by atoms with van der Waals surface area (Å²) in [5.74, 6) is -0.833. The molecule has 6 aromatic rings. The average Bonchev–Trinajstić information content (AvgIpc) is 3.66. The number of nitrogens with zero attached hydrogens (tertiary/aromatic N) is 6. The molecule has 4 heterocycles. The molecule has 0 fully saturated rings. The van der Waals surface area contributed by atoms with Crippen LogP contribution >= 0.6 is 34.4 Å². The van der Waals surface area contributed by atoms with Gasteiger partial charge in [-0.3, -0.25) is 34.0 Å². The summed E-state index contributed by atoms with van der Waals surface area (Å²) in [6, 6.07) is 18.9. The molecule has 0 amide bonds. The summed E-state index contributed by atoms with van der Waals surface area (Å²) in [6.45, 7) is 5.02. The zero-order chi connectivity index (χ0) is 37.3. The molecule has 0 unspecified atom stereocenters. The van der Waals surface area contributed by atoms with Crippen molar-refractivity contribution in [3.8, 4) is 23.5 Å². The molecule has 18 heteroatoms. The molecule has 50 heavy (non-hydrogen) atoms. The van der Waals surface area contributed by atoms with Crippen LogP contribution in [0.4, 0.5) is 0 Å². The second-order valence-corrected chi connectivity index (χ2v) is 15.4. The fraction of sp³-hybridized carbons (Fsp3) is 0.156. The van der Waals surface area contributed by atoms with Crippen molar-refractivity contribution in [1.29, 1.82) is 10.5 Å². The van der Waals surface area contributed by atoms with Crippen LogP contribution in [0.15, 0.2) is 79.2 Å². The van der Waals surface area contributed by atoms with Crippen molar-refractivity contribution in [2.75, 3.05) is 12.5 Å². The van der Waals surface area contributed by atoms with Crippen LogP contribution in [0.1, 0.15) is 29.2 Å². The number of sulfone groups is 1. The topological polar surface area (TPSA) is 229 Å². The summed E-state index contributed by atoms with van der Waals surface area (Å²) in [5.41, 5.74) is 4.12. The maximum Gasteiger partial charge on any atom is 0.300 e. The van der Waals surface area contributed by atoms with Gasteiger partial charge in [0.2, 0.25) is 0 Å². The fourth-order valence-corrected chi connectivity index (χ4v) is 8.31. The zero-order valence-electron chi connectivity index (χ0n) is 27.0. The molecule has 0 radical (unpaired) electrons. The summed E-state index contributed by atoms with van der Waals surface area (Å²) < 4.78 is 27.9. The SMILES string of the molecule is CC(=O)O.CSc1sc2c(=O)n(-c3ccc(C)cc3)cnc2c1C#N.Cc1ccc(-n2cnc3c(C#N)c(S(C)(=O)=O)sc3c2=O)cc1.OO. The smallest absolute Gasteiger partial charge is 0.300 e. The highest BCUT2D eigenvalue weighted by Crippen LogP contribution is 2.34. The van der Waals surface area contributed by atoms with E-state index in [1.807, 2.05) is 62.6 Å². The Morgan fingerprint density at radius 2 is 1.18 bits per heavy atom. The Morgan fingerprint density at radius 1 is 0.800 bits per heavy atom. The van der Waals surface area contributed by atoms with Gasteiger partial charge in [0.1, 0.15) is 60.6 Å². The van der Waals surface area contributed by atoms with Gasteiger partial charge >= 0.3 is 0 Å². The molecule has 0 aliphatic heterocycles. The van der Waals surface area contributed by atoms with E-state index >= 15 is 0 Å². The predicted octanol–water partition coefficient (Wildman–Crippen LogP) is 5.49.